The Hall–Kier alpha value is -3.49. The van der Waals surface area contributed by atoms with Crippen molar-refractivity contribution in [3.63, 3.8) is 0 Å². The molecular weight excluding hydrogens is 555 g/mol. The van der Waals surface area contributed by atoms with Crippen molar-refractivity contribution in [3.05, 3.63) is 93.6 Å². The molecule has 9 heteroatoms. The molecule has 36 heavy (non-hydrogen) atoms. The van der Waals surface area contributed by atoms with Crippen molar-refractivity contribution < 1.29 is 17.6 Å². The number of halogens is 5. The zero-order chi connectivity index (χ0) is 25.2. The number of hydrogen-bond acceptors (Lipinski definition) is 3. The van der Waals surface area contributed by atoms with Crippen LogP contribution in [0.5, 0.6) is 0 Å². The van der Waals surface area contributed by atoms with E-state index in [0.29, 0.717) is 27.9 Å². The van der Waals surface area contributed by atoms with E-state index in [1.165, 1.54) is 0 Å². The molecular formula is C27H16BrClF3N3O. The monoisotopic (exact) mass is 569 g/mol. The number of aromatic nitrogens is 2. The number of H-pyrrole nitrogens is 1. The lowest BCUT2D eigenvalue weighted by molar-refractivity contribution is -0.136. The van der Waals surface area contributed by atoms with Crippen LogP contribution < -0.4 is 4.90 Å². The Kier molecular flexibility index (Phi) is 5.28. The van der Waals surface area contributed by atoms with Crippen LogP contribution in [-0.2, 0) is 6.18 Å². The molecule has 0 unspecified atom stereocenters. The average molecular weight is 571 g/mol. The van der Waals surface area contributed by atoms with Crippen LogP contribution in [0.1, 0.15) is 11.1 Å². The van der Waals surface area contributed by atoms with Crippen LogP contribution in [0, 0.1) is 6.92 Å². The number of rotatable bonds is 3. The Bertz CT molecular complexity index is 1790. The van der Waals surface area contributed by atoms with Gasteiger partial charge in [-0.15, -0.1) is 0 Å². The summed E-state index contributed by atoms with van der Waals surface area (Å²) in [6.07, 6.45) is -4.57. The molecule has 2 heterocycles. The molecule has 0 aliphatic carbocycles. The van der Waals surface area contributed by atoms with Gasteiger partial charge in [-0.25, -0.2) is 4.98 Å². The van der Waals surface area contributed by atoms with Gasteiger partial charge in [-0.1, -0.05) is 52.3 Å². The van der Waals surface area contributed by atoms with Crippen molar-refractivity contribution in [2.45, 2.75) is 13.1 Å². The van der Waals surface area contributed by atoms with Gasteiger partial charge in [-0.05, 0) is 65.9 Å². The van der Waals surface area contributed by atoms with Crippen LogP contribution in [0.15, 0.2) is 81.7 Å². The van der Waals surface area contributed by atoms with Crippen LogP contribution in [0.2, 0.25) is 5.22 Å². The van der Waals surface area contributed by atoms with E-state index in [0.717, 1.165) is 21.3 Å². The smallest absolute Gasteiger partial charge is 0.418 e. The van der Waals surface area contributed by atoms with Crippen molar-refractivity contribution in [3.8, 4) is 0 Å². The maximum Gasteiger partial charge on any atom is 0.418 e. The third-order valence-corrected chi connectivity index (χ3v) is 6.98. The highest BCUT2D eigenvalue weighted by molar-refractivity contribution is 9.10. The van der Waals surface area contributed by atoms with Crippen LogP contribution in [0.4, 0.5) is 30.5 Å². The van der Waals surface area contributed by atoms with E-state index in [-0.39, 0.29) is 22.2 Å². The lowest BCUT2D eigenvalue weighted by atomic mass is 10.1. The number of imidazole rings is 1. The lowest BCUT2D eigenvalue weighted by Crippen LogP contribution is -2.12. The summed E-state index contributed by atoms with van der Waals surface area (Å²) in [5, 5.41) is 2.56. The molecule has 0 saturated carbocycles. The summed E-state index contributed by atoms with van der Waals surface area (Å²) >= 11 is 10.3. The Morgan fingerprint density at radius 3 is 2.53 bits per heavy atom. The number of hydrogen-bond donors (Lipinski definition) is 1. The largest absolute Gasteiger partial charge is 0.442 e. The molecule has 0 atom stereocenters. The Labute approximate surface area is 216 Å². The van der Waals surface area contributed by atoms with Crippen LogP contribution in [0.25, 0.3) is 32.8 Å². The first-order chi connectivity index (χ1) is 17.2. The molecule has 0 fully saturated rings. The molecule has 6 rings (SSSR count). The zero-order valence-electron chi connectivity index (χ0n) is 18.6. The highest BCUT2D eigenvalue weighted by Gasteiger charge is 2.35. The van der Waals surface area contributed by atoms with Crippen molar-refractivity contribution in [1.29, 1.82) is 0 Å². The number of aromatic amines is 1. The Balaban J connectivity index is 1.73. The lowest BCUT2D eigenvalue weighted by Gasteiger charge is -2.23. The Morgan fingerprint density at radius 1 is 1.00 bits per heavy atom. The van der Waals surface area contributed by atoms with E-state index in [1.807, 2.05) is 54.6 Å². The number of para-hydroxylation sites is 1. The van der Waals surface area contributed by atoms with E-state index in [4.69, 9.17) is 16.0 Å². The number of benzene rings is 4. The van der Waals surface area contributed by atoms with Gasteiger partial charge in [-0.2, -0.15) is 13.2 Å². The molecule has 4 nitrogen and oxygen atoms in total. The second-order valence-corrected chi connectivity index (χ2v) is 9.64. The first-order valence-corrected chi connectivity index (χ1v) is 12.1. The maximum absolute atomic E-state index is 13.9. The molecule has 6 aromatic rings. The second kappa shape index (κ2) is 8.28. The predicted octanol–water partition coefficient (Wildman–Crippen LogP) is 9.68. The quantitative estimate of drug-likeness (QED) is 0.230. The number of alkyl halides is 3. The van der Waals surface area contributed by atoms with Gasteiger partial charge < -0.3 is 9.40 Å². The van der Waals surface area contributed by atoms with E-state index in [9.17, 15) is 13.2 Å². The normalized spacial score (nSPS) is 12.2. The number of nitrogens with one attached hydrogen (secondary N) is 1. The number of nitrogens with zero attached hydrogens (tertiary/aromatic N) is 2. The standard InChI is InChI=1S/C27H16BrClF3N3O/c1-14-12-17(27(30,31)32)23-19(13-14)33-26(34-23)35(24-16-8-2-3-11-21(16)36-25(24)29)20-10-5-7-15-6-4-9-18(28)22(15)20/h2-13H,1H3,(H,33,34). The van der Waals surface area contributed by atoms with Crippen molar-refractivity contribution in [1.82, 2.24) is 9.97 Å². The van der Waals surface area contributed by atoms with E-state index in [2.05, 4.69) is 25.9 Å². The summed E-state index contributed by atoms with van der Waals surface area (Å²) < 4.78 is 48.4. The molecule has 0 radical (unpaired) electrons. The molecule has 0 aliphatic rings. The molecule has 0 aliphatic heterocycles. The SMILES string of the molecule is Cc1cc(C(F)(F)F)c2nc(N(c3c(Cl)oc4ccccc34)c3cccc4cccc(Br)c34)[nH]c2c1. The molecule has 4 aromatic carbocycles. The van der Waals surface area contributed by atoms with Gasteiger partial charge >= 0.3 is 6.18 Å². The third kappa shape index (κ3) is 3.63. The third-order valence-electron chi connectivity index (χ3n) is 6.06. The van der Waals surface area contributed by atoms with Crippen LogP contribution in [-0.4, -0.2) is 9.97 Å². The minimum absolute atomic E-state index is 0.0907. The fraction of sp³-hybridized carbons (Fsp3) is 0.0741. The summed E-state index contributed by atoms with van der Waals surface area (Å²) in [7, 11) is 0. The second-order valence-electron chi connectivity index (χ2n) is 8.44. The highest BCUT2D eigenvalue weighted by atomic mass is 79.9. The van der Waals surface area contributed by atoms with E-state index in [1.54, 1.807) is 24.0 Å². The van der Waals surface area contributed by atoms with E-state index >= 15 is 0 Å². The summed E-state index contributed by atoms with van der Waals surface area (Å²) in [6.45, 7) is 1.62. The minimum Gasteiger partial charge on any atom is -0.442 e. The summed E-state index contributed by atoms with van der Waals surface area (Å²) in [5.74, 6) is 0.179. The number of fused-ring (bicyclic) bond motifs is 3. The van der Waals surface area contributed by atoms with Gasteiger partial charge in [-0.3, -0.25) is 4.90 Å². The summed E-state index contributed by atoms with van der Waals surface area (Å²) in [5.41, 5.74) is 1.45. The first-order valence-electron chi connectivity index (χ1n) is 10.9. The topological polar surface area (TPSA) is 45.1 Å². The van der Waals surface area contributed by atoms with Gasteiger partial charge in [0.2, 0.25) is 11.2 Å². The van der Waals surface area contributed by atoms with Gasteiger partial charge in [0.15, 0.2) is 0 Å². The first kappa shape index (κ1) is 22.9. The van der Waals surface area contributed by atoms with E-state index < -0.39 is 11.7 Å². The fourth-order valence-corrected chi connectivity index (χ4v) is 5.44. The number of furan rings is 1. The minimum atomic E-state index is -4.57. The highest BCUT2D eigenvalue weighted by Crippen LogP contribution is 2.48. The summed E-state index contributed by atoms with van der Waals surface area (Å²) in [6, 6.07) is 21.5. The van der Waals surface area contributed by atoms with Gasteiger partial charge in [0, 0.05) is 15.2 Å². The van der Waals surface area contributed by atoms with Crippen LogP contribution >= 0.6 is 27.5 Å². The average Bonchev–Trinajstić information content (AvgIpc) is 3.39. The van der Waals surface area contributed by atoms with Gasteiger partial charge in [0.25, 0.3) is 0 Å². The molecule has 1 N–H and O–H groups in total. The molecule has 0 bridgehead atoms. The number of aryl methyl sites for hydroxylation is 1. The molecule has 0 spiro atoms. The van der Waals surface area contributed by atoms with Gasteiger partial charge in [0.1, 0.15) is 16.8 Å². The molecule has 0 amide bonds. The predicted molar refractivity (Wildman–Crippen MR) is 141 cm³/mol. The van der Waals surface area contributed by atoms with Gasteiger partial charge in [0.05, 0.1) is 16.8 Å². The molecule has 180 valence electrons. The van der Waals surface area contributed by atoms with Crippen molar-refractivity contribution in [2.75, 3.05) is 4.90 Å². The van der Waals surface area contributed by atoms with Crippen LogP contribution in [0.3, 0.4) is 0 Å². The van der Waals surface area contributed by atoms with Crippen molar-refractivity contribution in [2.24, 2.45) is 0 Å². The molecule has 2 aromatic heterocycles. The fourth-order valence-electron chi connectivity index (χ4n) is 4.58. The molecule has 0 saturated heterocycles. The maximum atomic E-state index is 13.9. The zero-order valence-corrected chi connectivity index (χ0v) is 21.0. The van der Waals surface area contributed by atoms with Crippen molar-refractivity contribution >= 4 is 77.6 Å². The Morgan fingerprint density at radius 2 is 1.75 bits per heavy atom. The number of anilines is 3. The summed E-state index contributed by atoms with van der Waals surface area (Å²) in [4.78, 5) is 9.30.